The fourth-order valence-corrected chi connectivity index (χ4v) is 3.50. The summed E-state index contributed by atoms with van der Waals surface area (Å²) in [5, 5.41) is 10.6. The Bertz CT molecular complexity index is 604. The first-order chi connectivity index (χ1) is 12.9. The largest absolute Gasteiger partial charge is 0.497 e. The quantitative estimate of drug-likeness (QED) is 0.541. The number of benzene rings is 1. The van der Waals surface area contributed by atoms with Crippen molar-refractivity contribution in [1.29, 1.82) is 0 Å². The summed E-state index contributed by atoms with van der Waals surface area (Å²) in [6.45, 7) is 15.0. The van der Waals surface area contributed by atoms with Crippen molar-refractivity contribution in [2.75, 3.05) is 13.7 Å². The van der Waals surface area contributed by atoms with E-state index in [1.807, 2.05) is 38.1 Å². The van der Waals surface area contributed by atoms with Crippen LogP contribution in [0.25, 0.3) is 0 Å². The topological polar surface area (TPSA) is 65.0 Å². The average Bonchev–Trinajstić information content (AvgIpc) is 2.59. The van der Waals surface area contributed by atoms with Crippen LogP contribution in [0.15, 0.2) is 24.3 Å². The van der Waals surface area contributed by atoms with Crippen LogP contribution in [0.5, 0.6) is 5.75 Å². The van der Waals surface area contributed by atoms with Crippen LogP contribution >= 0.6 is 0 Å². The summed E-state index contributed by atoms with van der Waals surface area (Å²) >= 11 is 0. The molecule has 0 spiro atoms. The van der Waals surface area contributed by atoms with E-state index >= 15 is 0 Å². The number of carbonyl (C=O) groups is 1. The number of hydrogen-bond donors (Lipinski definition) is 1. The van der Waals surface area contributed by atoms with Crippen molar-refractivity contribution >= 4 is 14.1 Å². The van der Waals surface area contributed by atoms with E-state index in [9.17, 15) is 9.90 Å². The molecule has 2 atom stereocenters. The van der Waals surface area contributed by atoms with Crippen LogP contribution in [0, 0.1) is 5.92 Å². The number of hydrogen-bond acceptors (Lipinski definition) is 5. The second-order valence-corrected chi connectivity index (χ2v) is 14.0. The predicted molar refractivity (Wildman–Crippen MR) is 115 cm³/mol. The van der Waals surface area contributed by atoms with Gasteiger partial charge in [0.25, 0.3) is 0 Å². The van der Waals surface area contributed by atoms with Gasteiger partial charge in [0.1, 0.15) is 5.75 Å². The first-order valence-corrected chi connectivity index (χ1v) is 12.9. The number of Topliss-reactive ketones (excluding diaryl/α,β-unsaturated/α-hetero) is 1. The molecule has 0 amide bonds. The van der Waals surface area contributed by atoms with Crippen LogP contribution in [-0.2, 0) is 20.6 Å². The Balaban J connectivity index is 2.59. The molecule has 0 aliphatic rings. The van der Waals surface area contributed by atoms with E-state index in [2.05, 4.69) is 33.9 Å². The summed E-state index contributed by atoms with van der Waals surface area (Å²) < 4.78 is 17.1. The maximum atomic E-state index is 12.4. The molecule has 0 radical (unpaired) electrons. The Labute approximate surface area is 171 Å². The molecule has 0 saturated carbocycles. The Hall–Kier alpha value is -1.21. The molecule has 0 unspecified atom stereocenters. The van der Waals surface area contributed by atoms with Crippen molar-refractivity contribution < 1.29 is 23.8 Å². The molecule has 1 rings (SSSR count). The number of aliphatic hydroxyl groups excluding tert-OH is 1. The van der Waals surface area contributed by atoms with Gasteiger partial charge < -0.3 is 19.0 Å². The molecule has 5 nitrogen and oxygen atoms in total. The second kappa shape index (κ2) is 10.5. The van der Waals surface area contributed by atoms with Crippen LogP contribution in [-0.4, -0.2) is 45.1 Å². The standard InChI is InChI=1S/C22H38O5Si/c1-16(2)21(26-14-17-9-11-19(25-6)12-10-17)20(24)13-18(23)15-27-28(7,8)22(3,4)5/h9-12,16,20-21,24H,13-15H2,1-8H3/t20-,21+/m1/s1. The molecule has 0 fully saturated rings. The van der Waals surface area contributed by atoms with Gasteiger partial charge in [0, 0.05) is 6.42 Å². The number of carbonyl (C=O) groups excluding carboxylic acids is 1. The number of ether oxygens (including phenoxy) is 2. The number of rotatable bonds is 11. The minimum Gasteiger partial charge on any atom is -0.497 e. The van der Waals surface area contributed by atoms with Crippen molar-refractivity contribution in [3.8, 4) is 5.75 Å². The van der Waals surface area contributed by atoms with Crippen molar-refractivity contribution in [2.24, 2.45) is 5.92 Å². The maximum absolute atomic E-state index is 12.4. The van der Waals surface area contributed by atoms with Gasteiger partial charge in [0.05, 0.1) is 32.5 Å². The van der Waals surface area contributed by atoms with Crippen molar-refractivity contribution in [3.63, 3.8) is 0 Å². The highest BCUT2D eigenvalue weighted by molar-refractivity contribution is 6.74. The highest BCUT2D eigenvalue weighted by Gasteiger charge is 2.37. The lowest BCUT2D eigenvalue weighted by molar-refractivity contribution is -0.128. The third-order valence-electron chi connectivity index (χ3n) is 5.47. The Morgan fingerprint density at radius 3 is 2.18 bits per heavy atom. The summed E-state index contributed by atoms with van der Waals surface area (Å²) in [6, 6.07) is 7.62. The minimum absolute atomic E-state index is 0.0417. The zero-order valence-electron chi connectivity index (χ0n) is 18.7. The predicted octanol–water partition coefficient (Wildman–Crippen LogP) is 4.58. The summed E-state index contributed by atoms with van der Waals surface area (Å²) in [5.74, 6) is 0.787. The van der Waals surface area contributed by atoms with Crippen LogP contribution in [0.4, 0.5) is 0 Å². The molecule has 160 valence electrons. The third-order valence-corrected chi connectivity index (χ3v) is 9.95. The first-order valence-electron chi connectivity index (χ1n) is 9.95. The van der Waals surface area contributed by atoms with E-state index in [4.69, 9.17) is 13.9 Å². The van der Waals surface area contributed by atoms with E-state index in [1.54, 1.807) is 7.11 Å². The second-order valence-electron chi connectivity index (χ2n) is 9.23. The number of aliphatic hydroxyl groups is 1. The minimum atomic E-state index is -1.98. The molecule has 0 saturated heterocycles. The Morgan fingerprint density at radius 1 is 1.14 bits per heavy atom. The molecular weight excluding hydrogens is 372 g/mol. The van der Waals surface area contributed by atoms with Gasteiger partial charge in [0.2, 0.25) is 0 Å². The molecule has 28 heavy (non-hydrogen) atoms. The highest BCUT2D eigenvalue weighted by Crippen LogP contribution is 2.36. The normalized spacial score (nSPS) is 14.8. The van der Waals surface area contributed by atoms with Gasteiger partial charge in [-0.05, 0) is 41.7 Å². The van der Waals surface area contributed by atoms with Gasteiger partial charge >= 0.3 is 0 Å². The van der Waals surface area contributed by atoms with Gasteiger partial charge in [-0.15, -0.1) is 0 Å². The summed E-state index contributed by atoms with van der Waals surface area (Å²) in [7, 11) is -0.351. The van der Waals surface area contributed by atoms with Gasteiger partial charge in [-0.2, -0.15) is 0 Å². The van der Waals surface area contributed by atoms with Gasteiger partial charge in [-0.3, -0.25) is 4.79 Å². The zero-order valence-corrected chi connectivity index (χ0v) is 19.7. The van der Waals surface area contributed by atoms with Gasteiger partial charge in [-0.25, -0.2) is 0 Å². The molecule has 0 aliphatic heterocycles. The van der Waals surface area contributed by atoms with E-state index in [0.717, 1.165) is 11.3 Å². The number of ketones is 1. The van der Waals surface area contributed by atoms with Gasteiger partial charge in [0.15, 0.2) is 14.1 Å². The van der Waals surface area contributed by atoms with Crippen LogP contribution < -0.4 is 4.74 Å². The Kier molecular flexibility index (Phi) is 9.34. The van der Waals surface area contributed by atoms with Crippen molar-refractivity contribution in [1.82, 2.24) is 0 Å². The molecule has 0 bridgehead atoms. The Morgan fingerprint density at radius 2 is 1.71 bits per heavy atom. The lowest BCUT2D eigenvalue weighted by Crippen LogP contribution is -2.43. The lowest BCUT2D eigenvalue weighted by Gasteiger charge is -2.36. The molecule has 1 aromatic carbocycles. The lowest BCUT2D eigenvalue weighted by atomic mass is 9.98. The monoisotopic (exact) mass is 410 g/mol. The van der Waals surface area contributed by atoms with Crippen molar-refractivity contribution in [2.45, 2.75) is 78.0 Å². The summed E-state index contributed by atoms with van der Waals surface area (Å²) in [4.78, 5) is 12.4. The van der Waals surface area contributed by atoms with Crippen LogP contribution in [0.3, 0.4) is 0 Å². The fourth-order valence-electron chi connectivity index (χ4n) is 2.55. The van der Waals surface area contributed by atoms with E-state index in [0.29, 0.717) is 6.61 Å². The maximum Gasteiger partial charge on any atom is 0.192 e. The molecule has 0 aliphatic carbocycles. The molecule has 0 aromatic heterocycles. The molecule has 1 aromatic rings. The SMILES string of the molecule is COc1ccc(CO[C@@H](C(C)C)[C@H](O)CC(=O)CO[Si](C)(C)C(C)(C)C)cc1. The van der Waals surface area contributed by atoms with E-state index in [1.165, 1.54) is 0 Å². The fraction of sp³-hybridized carbons (Fsp3) is 0.682. The van der Waals surface area contributed by atoms with E-state index < -0.39 is 20.5 Å². The van der Waals surface area contributed by atoms with Crippen LogP contribution in [0.2, 0.25) is 18.1 Å². The molecule has 0 heterocycles. The van der Waals surface area contributed by atoms with E-state index in [-0.39, 0.29) is 29.8 Å². The zero-order chi connectivity index (χ0) is 21.5. The third kappa shape index (κ3) is 7.66. The van der Waals surface area contributed by atoms with Crippen molar-refractivity contribution in [3.05, 3.63) is 29.8 Å². The average molecular weight is 411 g/mol. The first kappa shape index (κ1) is 24.8. The number of methoxy groups -OCH3 is 1. The van der Waals surface area contributed by atoms with Gasteiger partial charge in [-0.1, -0.05) is 46.8 Å². The van der Waals surface area contributed by atoms with Crippen LogP contribution in [0.1, 0.15) is 46.6 Å². The molecule has 6 heteroatoms. The summed E-state index contributed by atoms with van der Waals surface area (Å²) in [6.07, 6.45) is -1.23. The molecular formula is C22H38O5Si. The highest BCUT2D eigenvalue weighted by atomic mass is 28.4. The smallest absolute Gasteiger partial charge is 0.192 e. The summed E-state index contributed by atoms with van der Waals surface area (Å²) in [5.41, 5.74) is 0.992. The molecule has 1 N–H and O–H groups in total.